The van der Waals surface area contributed by atoms with Crippen LogP contribution in [0.1, 0.15) is 26.3 Å². The summed E-state index contributed by atoms with van der Waals surface area (Å²) in [5, 5.41) is 0.826. The second kappa shape index (κ2) is 4.12. The van der Waals surface area contributed by atoms with Crippen LogP contribution in [0.2, 0.25) is 0 Å². The highest BCUT2D eigenvalue weighted by Gasteiger charge is 2.19. The maximum atomic E-state index is 13.6. The minimum Gasteiger partial charge on any atom is -0.494 e. The highest BCUT2D eigenvalue weighted by atomic mass is 19.1. The third-order valence-corrected chi connectivity index (χ3v) is 2.93. The van der Waals surface area contributed by atoms with Crippen LogP contribution in [-0.4, -0.2) is 12.1 Å². The fraction of sp³-hybridized carbons (Fsp3) is 0.357. The highest BCUT2D eigenvalue weighted by molar-refractivity contribution is 5.83. The maximum absolute atomic E-state index is 13.6. The summed E-state index contributed by atoms with van der Waals surface area (Å²) in [7, 11) is 1.44. The zero-order valence-corrected chi connectivity index (χ0v) is 11.0. The van der Waals surface area contributed by atoms with Crippen LogP contribution >= 0.6 is 0 Å². The lowest BCUT2D eigenvalue weighted by molar-refractivity contribution is 0.387. The molecule has 0 saturated carbocycles. The predicted octanol–water partition coefficient (Wildman–Crippen LogP) is 3.26. The lowest BCUT2D eigenvalue weighted by atomic mass is 9.86. The van der Waals surface area contributed by atoms with E-state index in [-0.39, 0.29) is 11.2 Å². The monoisotopic (exact) mass is 248 g/mol. The number of benzene rings is 1. The van der Waals surface area contributed by atoms with Crippen molar-refractivity contribution in [3.05, 3.63) is 29.6 Å². The van der Waals surface area contributed by atoms with Crippen molar-refractivity contribution in [1.82, 2.24) is 4.98 Å². The number of hydrogen-bond acceptors (Lipinski definition) is 3. The number of nitrogen functional groups attached to an aromatic ring is 1. The molecule has 1 aromatic heterocycles. The molecule has 0 unspecified atom stereocenters. The molecule has 0 spiro atoms. The molecule has 0 saturated heterocycles. The van der Waals surface area contributed by atoms with Gasteiger partial charge in [-0.1, -0.05) is 20.8 Å². The van der Waals surface area contributed by atoms with Gasteiger partial charge in [-0.05, 0) is 17.5 Å². The van der Waals surface area contributed by atoms with Crippen molar-refractivity contribution in [3.8, 4) is 5.75 Å². The molecule has 18 heavy (non-hydrogen) atoms. The smallest absolute Gasteiger partial charge is 0.167 e. The second-order valence-electron chi connectivity index (χ2n) is 5.35. The molecular weight excluding hydrogens is 231 g/mol. The van der Waals surface area contributed by atoms with E-state index in [0.717, 1.165) is 10.9 Å². The lowest BCUT2D eigenvalue weighted by Gasteiger charge is -2.21. The van der Waals surface area contributed by atoms with Crippen molar-refractivity contribution >= 4 is 16.7 Å². The molecule has 0 fully saturated rings. The van der Waals surface area contributed by atoms with E-state index in [0.29, 0.717) is 11.3 Å². The molecule has 0 radical (unpaired) electrons. The predicted molar refractivity (Wildman–Crippen MR) is 71.4 cm³/mol. The SMILES string of the molecule is COc1cc2cc(C(C)(C)C)c(N)nc2cc1F. The quantitative estimate of drug-likeness (QED) is 0.842. The summed E-state index contributed by atoms with van der Waals surface area (Å²) in [5.41, 5.74) is 7.31. The van der Waals surface area contributed by atoms with E-state index in [1.165, 1.54) is 13.2 Å². The summed E-state index contributed by atoms with van der Waals surface area (Å²) < 4.78 is 18.6. The van der Waals surface area contributed by atoms with Crippen molar-refractivity contribution in [2.75, 3.05) is 12.8 Å². The van der Waals surface area contributed by atoms with Crippen LogP contribution in [-0.2, 0) is 5.41 Å². The number of methoxy groups -OCH3 is 1. The Morgan fingerprint density at radius 1 is 1.22 bits per heavy atom. The van der Waals surface area contributed by atoms with Gasteiger partial charge in [0, 0.05) is 17.0 Å². The van der Waals surface area contributed by atoms with E-state index in [2.05, 4.69) is 25.8 Å². The number of rotatable bonds is 1. The van der Waals surface area contributed by atoms with Gasteiger partial charge in [0.1, 0.15) is 5.82 Å². The van der Waals surface area contributed by atoms with Gasteiger partial charge < -0.3 is 10.5 Å². The first kappa shape index (κ1) is 12.6. The van der Waals surface area contributed by atoms with Gasteiger partial charge in [-0.3, -0.25) is 0 Å². The minimum atomic E-state index is -0.430. The Balaban J connectivity index is 2.74. The lowest BCUT2D eigenvalue weighted by Crippen LogP contribution is -2.15. The standard InChI is InChI=1S/C14H17FN2O/c1-14(2,3)9-5-8-6-12(18-4)10(15)7-11(8)17-13(9)16/h5-7H,1-4H3,(H2,16,17). The first-order valence-electron chi connectivity index (χ1n) is 5.77. The number of pyridine rings is 1. The Kier molecular flexibility index (Phi) is 2.89. The minimum absolute atomic E-state index is 0.104. The molecule has 1 heterocycles. The summed E-state index contributed by atoms with van der Waals surface area (Å²) in [6, 6.07) is 4.93. The van der Waals surface area contributed by atoms with Crippen LogP contribution in [0.3, 0.4) is 0 Å². The Morgan fingerprint density at radius 2 is 1.89 bits per heavy atom. The molecule has 96 valence electrons. The number of fused-ring (bicyclic) bond motifs is 1. The zero-order chi connectivity index (χ0) is 13.5. The number of aromatic nitrogens is 1. The summed E-state index contributed by atoms with van der Waals surface area (Å²) in [6.07, 6.45) is 0. The van der Waals surface area contributed by atoms with Crippen molar-refractivity contribution in [2.45, 2.75) is 26.2 Å². The van der Waals surface area contributed by atoms with E-state index in [1.54, 1.807) is 6.07 Å². The normalized spacial score (nSPS) is 11.8. The fourth-order valence-electron chi connectivity index (χ4n) is 1.95. The van der Waals surface area contributed by atoms with Crippen LogP contribution in [0.25, 0.3) is 10.9 Å². The van der Waals surface area contributed by atoms with Crippen molar-refractivity contribution < 1.29 is 9.13 Å². The van der Waals surface area contributed by atoms with E-state index in [4.69, 9.17) is 10.5 Å². The number of nitrogens with zero attached hydrogens (tertiary/aromatic N) is 1. The highest BCUT2D eigenvalue weighted by Crippen LogP contribution is 2.31. The fourth-order valence-corrected chi connectivity index (χ4v) is 1.95. The summed E-state index contributed by atoms with van der Waals surface area (Å²) in [4.78, 5) is 4.26. The molecule has 0 atom stereocenters. The Morgan fingerprint density at radius 3 is 2.44 bits per heavy atom. The van der Waals surface area contributed by atoms with Gasteiger partial charge in [-0.2, -0.15) is 0 Å². The average molecular weight is 248 g/mol. The molecule has 0 bridgehead atoms. The Hall–Kier alpha value is -1.84. The molecule has 0 aliphatic heterocycles. The number of anilines is 1. The van der Waals surface area contributed by atoms with Gasteiger partial charge in [0.25, 0.3) is 0 Å². The third-order valence-electron chi connectivity index (χ3n) is 2.93. The first-order chi connectivity index (χ1) is 8.32. The maximum Gasteiger partial charge on any atom is 0.167 e. The molecule has 4 heteroatoms. The number of ether oxygens (including phenoxy) is 1. The molecular formula is C14H17FN2O. The molecule has 2 rings (SSSR count). The van der Waals surface area contributed by atoms with E-state index >= 15 is 0 Å². The second-order valence-corrected chi connectivity index (χ2v) is 5.35. The molecule has 0 amide bonds. The molecule has 2 N–H and O–H groups in total. The van der Waals surface area contributed by atoms with E-state index in [9.17, 15) is 4.39 Å². The Labute approximate surface area is 106 Å². The van der Waals surface area contributed by atoms with Gasteiger partial charge in [0.05, 0.1) is 12.6 Å². The third kappa shape index (κ3) is 2.10. The average Bonchev–Trinajstić information content (AvgIpc) is 2.26. The number of hydrogen-bond donors (Lipinski definition) is 1. The zero-order valence-electron chi connectivity index (χ0n) is 11.0. The van der Waals surface area contributed by atoms with E-state index in [1.807, 2.05) is 6.07 Å². The van der Waals surface area contributed by atoms with Crippen molar-refractivity contribution in [3.63, 3.8) is 0 Å². The van der Waals surface area contributed by atoms with Crippen LogP contribution in [0.4, 0.5) is 10.2 Å². The first-order valence-corrected chi connectivity index (χ1v) is 5.77. The molecule has 0 aliphatic rings. The van der Waals surface area contributed by atoms with Gasteiger partial charge in [-0.25, -0.2) is 9.37 Å². The largest absolute Gasteiger partial charge is 0.494 e. The van der Waals surface area contributed by atoms with Crippen molar-refractivity contribution in [1.29, 1.82) is 0 Å². The van der Waals surface area contributed by atoms with Crippen LogP contribution < -0.4 is 10.5 Å². The number of halogens is 1. The molecule has 3 nitrogen and oxygen atoms in total. The van der Waals surface area contributed by atoms with Gasteiger partial charge in [0.15, 0.2) is 11.6 Å². The van der Waals surface area contributed by atoms with Crippen LogP contribution in [0.5, 0.6) is 5.75 Å². The summed E-state index contributed by atoms with van der Waals surface area (Å²) in [6.45, 7) is 6.19. The molecule has 1 aromatic carbocycles. The van der Waals surface area contributed by atoms with Gasteiger partial charge in [0.2, 0.25) is 0 Å². The summed E-state index contributed by atoms with van der Waals surface area (Å²) >= 11 is 0. The summed E-state index contributed by atoms with van der Waals surface area (Å²) in [5.74, 6) is 0.230. The van der Waals surface area contributed by atoms with E-state index < -0.39 is 5.82 Å². The van der Waals surface area contributed by atoms with Crippen LogP contribution in [0.15, 0.2) is 18.2 Å². The van der Waals surface area contributed by atoms with Crippen LogP contribution in [0, 0.1) is 5.82 Å². The van der Waals surface area contributed by atoms with Gasteiger partial charge in [-0.15, -0.1) is 0 Å². The number of nitrogens with two attached hydrogens (primary N) is 1. The molecule has 2 aromatic rings. The van der Waals surface area contributed by atoms with Crippen molar-refractivity contribution in [2.24, 2.45) is 0 Å². The van der Waals surface area contributed by atoms with Gasteiger partial charge >= 0.3 is 0 Å². The molecule has 0 aliphatic carbocycles. The Bertz CT molecular complexity index is 603. The topological polar surface area (TPSA) is 48.1 Å².